The van der Waals surface area contributed by atoms with Crippen molar-refractivity contribution in [3.8, 4) is 28.1 Å². The normalized spacial score (nSPS) is 11.3. The molecule has 1 aromatic heterocycles. The van der Waals surface area contributed by atoms with Gasteiger partial charge in [-0.05, 0) is 54.0 Å². The summed E-state index contributed by atoms with van der Waals surface area (Å²) in [7, 11) is 0. The predicted octanol–water partition coefficient (Wildman–Crippen LogP) is 6.39. The van der Waals surface area contributed by atoms with Gasteiger partial charge in [0.15, 0.2) is 0 Å². The first-order valence-electron chi connectivity index (χ1n) is 9.63. The Kier molecular flexibility index (Phi) is 5.44. The first kappa shape index (κ1) is 19.6. The molecule has 0 fully saturated rings. The number of aromatic nitrogens is 2. The second kappa shape index (κ2) is 8.33. The van der Waals surface area contributed by atoms with Crippen molar-refractivity contribution < 1.29 is 13.9 Å². The smallest absolute Gasteiger partial charge is 0.135 e. The maximum atomic E-state index is 14.1. The minimum atomic E-state index is -0.629. The van der Waals surface area contributed by atoms with Crippen LogP contribution >= 0.6 is 0 Å². The molecule has 4 rings (SSSR count). The van der Waals surface area contributed by atoms with Crippen molar-refractivity contribution in [3.05, 3.63) is 95.9 Å². The zero-order chi connectivity index (χ0) is 21.1. The number of aromatic hydroxyl groups is 1. The molecule has 3 nitrogen and oxygen atoms in total. The van der Waals surface area contributed by atoms with Gasteiger partial charge in [-0.3, -0.25) is 0 Å². The summed E-state index contributed by atoms with van der Waals surface area (Å²) in [6.45, 7) is 2.66. The van der Waals surface area contributed by atoms with Gasteiger partial charge < -0.3 is 9.67 Å². The number of benzene rings is 3. The average molecular weight is 402 g/mol. The highest BCUT2D eigenvalue weighted by atomic mass is 19.1. The lowest BCUT2D eigenvalue weighted by molar-refractivity contribution is 0.475. The molecule has 30 heavy (non-hydrogen) atoms. The molecule has 0 saturated carbocycles. The fraction of sp³-hybridized carbons (Fsp3) is 0.0800. The van der Waals surface area contributed by atoms with E-state index in [1.54, 1.807) is 18.3 Å². The van der Waals surface area contributed by atoms with Crippen molar-refractivity contribution in [2.45, 2.75) is 13.5 Å². The molecular weight excluding hydrogens is 382 g/mol. The van der Waals surface area contributed by atoms with Crippen molar-refractivity contribution in [3.63, 3.8) is 0 Å². The average Bonchev–Trinajstić information content (AvgIpc) is 3.16. The number of imidazole rings is 1. The summed E-state index contributed by atoms with van der Waals surface area (Å²) >= 11 is 0. The van der Waals surface area contributed by atoms with E-state index in [0.717, 1.165) is 22.8 Å². The number of aryl methyl sites for hydroxylation is 1. The minimum Gasteiger partial charge on any atom is -0.508 e. The predicted molar refractivity (Wildman–Crippen MR) is 116 cm³/mol. The van der Waals surface area contributed by atoms with Gasteiger partial charge >= 0.3 is 0 Å². The molecule has 1 heterocycles. The second-order valence-electron chi connectivity index (χ2n) is 6.90. The number of nitrogens with zero attached hydrogens (tertiary/aromatic N) is 2. The Hall–Kier alpha value is -3.73. The van der Waals surface area contributed by atoms with Crippen molar-refractivity contribution in [2.75, 3.05) is 0 Å². The lowest BCUT2D eigenvalue weighted by atomic mass is 10.0. The maximum absolute atomic E-state index is 14.1. The van der Waals surface area contributed by atoms with Gasteiger partial charge in [0, 0.05) is 24.4 Å². The Balaban J connectivity index is 1.57. The van der Waals surface area contributed by atoms with Crippen LogP contribution in [-0.2, 0) is 6.54 Å². The van der Waals surface area contributed by atoms with Crippen molar-refractivity contribution >= 4 is 12.2 Å². The molecule has 0 saturated heterocycles. The van der Waals surface area contributed by atoms with E-state index in [2.05, 4.69) is 4.98 Å². The Labute approximate surface area is 173 Å². The zero-order valence-electron chi connectivity index (χ0n) is 16.4. The molecule has 0 bridgehead atoms. The van der Waals surface area contributed by atoms with Gasteiger partial charge in [0.25, 0.3) is 0 Å². The van der Waals surface area contributed by atoms with Gasteiger partial charge in [-0.25, -0.2) is 13.8 Å². The Bertz CT molecular complexity index is 1190. The lowest BCUT2D eigenvalue weighted by Gasteiger charge is -2.03. The Morgan fingerprint density at radius 2 is 1.57 bits per heavy atom. The SMILES string of the molecule is CCn1cc(-c2ccc(F)cc2F)nc1/C=C/c1ccc(-c2ccc(O)cc2)cc1. The minimum absolute atomic E-state index is 0.240. The molecule has 3 aromatic carbocycles. The highest BCUT2D eigenvalue weighted by Gasteiger charge is 2.12. The summed E-state index contributed by atoms with van der Waals surface area (Å²) in [5.41, 5.74) is 3.82. The molecular formula is C25H20F2N2O. The van der Waals surface area contributed by atoms with E-state index >= 15 is 0 Å². The van der Waals surface area contributed by atoms with E-state index in [4.69, 9.17) is 0 Å². The van der Waals surface area contributed by atoms with E-state index in [1.165, 1.54) is 12.1 Å². The number of halogens is 2. The third-order valence-corrected chi connectivity index (χ3v) is 4.89. The molecule has 0 aliphatic rings. The Morgan fingerprint density at radius 1 is 0.900 bits per heavy atom. The quantitative estimate of drug-likeness (QED) is 0.420. The van der Waals surface area contributed by atoms with Gasteiger partial charge in [-0.2, -0.15) is 0 Å². The van der Waals surface area contributed by atoms with Gasteiger partial charge in [0.1, 0.15) is 23.2 Å². The number of hydrogen-bond donors (Lipinski definition) is 1. The van der Waals surface area contributed by atoms with E-state index in [9.17, 15) is 13.9 Å². The second-order valence-corrected chi connectivity index (χ2v) is 6.90. The molecule has 0 spiro atoms. The number of phenolic OH excluding ortho intramolecular Hbond substituents is 1. The van der Waals surface area contributed by atoms with Crippen LogP contribution in [0.4, 0.5) is 8.78 Å². The largest absolute Gasteiger partial charge is 0.508 e. The first-order valence-corrected chi connectivity index (χ1v) is 9.63. The van der Waals surface area contributed by atoms with E-state index in [0.29, 0.717) is 18.1 Å². The van der Waals surface area contributed by atoms with Gasteiger partial charge in [-0.1, -0.05) is 42.5 Å². The van der Waals surface area contributed by atoms with Crippen LogP contribution in [-0.4, -0.2) is 14.7 Å². The molecule has 0 atom stereocenters. The maximum Gasteiger partial charge on any atom is 0.135 e. The summed E-state index contributed by atoms with van der Waals surface area (Å²) in [6.07, 6.45) is 5.59. The Morgan fingerprint density at radius 3 is 2.20 bits per heavy atom. The first-order chi connectivity index (χ1) is 14.5. The van der Waals surface area contributed by atoms with Crippen LogP contribution in [0.15, 0.2) is 72.9 Å². The standard InChI is InChI=1S/C25H20F2N2O/c1-2-29-16-24(22-13-10-20(26)15-23(22)27)28-25(29)14-5-17-3-6-18(7-4-17)19-8-11-21(30)12-9-19/h3-16,30H,2H2,1H3/b14-5+. The van der Waals surface area contributed by atoms with Crippen LogP contribution in [0, 0.1) is 11.6 Å². The summed E-state index contributed by atoms with van der Waals surface area (Å²) in [6, 6.07) is 18.6. The third-order valence-electron chi connectivity index (χ3n) is 4.89. The molecule has 0 amide bonds. The summed E-state index contributed by atoms with van der Waals surface area (Å²) in [5, 5.41) is 9.42. The summed E-state index contributed by atoms with van der Waals surface area (Å²) in [5.74, 6) is -0.304. The molecule has 0 aliphatic carbocycles. The number of phenols is 1. The topological polar surface area (TPSA) is 38.0 Å². The van der Waals surface area contributed by atoms with Crippen LogP contribution in [0.3, 0.4) is 0 Å². The fourth-order valence-electron chi connectivity index (χ4n) is 3.25. The van der Waals surface area contributed by atoms with Crippen LogP contribution in [0.5, 0.6) is 5.75 Å². The van der Waals surface area contributed by atoms with Crippen LogP contribution in [0.25, 0.3) is 34.5 Å². The van der Waals surface area contributed by atoms with Crippen molar-refractivity contribution in [1.29, 1.82) is 0 Å². The number of hydrogen-bond acceptors (Lipinski definition) is 2. The lowest BCUT2D eigenvalue weighted by Crippen LogP contribution is -1.94. The van der Waals surface area contributed by atoms with Crippen LogP contribution < -0.4 is 0 Å². The van der Waals surface area contributed by atoms with Crippen LogP contribution in [0.1, 0.15) is 18.3 Å². The monoisotopic (exact) mass is 402 g/mol. The zero-order valence-corrected chi connectivity index (χ0v) is 16.4. The third kappa shape index (κ3) is 4.15. The molecule has 5 heteroatoms. The highest BCUT2D eigenvalue weighted by Crippen LogP contribution is 2.25. The van der Waals surface area contributed by atoms with Gasteiger partial charge in [-0.15, -0.1) is 0 Å². The summed E-state index contributed by atoms with van der Waals surface area (Å²) in [4.78, 5) is 4.52. The van der Waals surface area contributed by atoms with E-state index < -0.39 is 11.6 Å². The molecule has 1 N–H and O–H groups in total. The van der Waals surface area contributed by atoms with Gasteiger partial charge in [0.05, 0.1) is 5.69 Å². The molecule has 4 aromatic rings. The van der Waals surface area contributed by atoms with Crippen molar-refractivity contribution in [2.24, 2.45) is 0 Å². The van der Waals surface area contributed by atoms with E-state index in [-0.39, 0.29) is 11.3 Å². The molecule has 0 aliphatic heterocycles. The molecule has 0 unspecified atom stereocenters. The summed E-state index contributed by atoms with van der Waals surface area (Å²) < 4.78 is 29.2. The molecule has 150 valence electrons. The number of rotatable bonds is 5. The van der Waals surface area contributed by atoms with Crippen LogP contribution in [0.2, 0.25) is 0 Å². The van der Waals surface area contributed by atoms with Crippen molar-refractivity contribution in [1.82, 2.24) is 9.55 Å². The highest BCUT2D eigenvalue weighted by molar-refractivity contribution is 5.72. The van der Waals surface area contributed by atoms with E-state index in [1.807, 2.05) is 60.0 Å². The fourth-order valence-corrected chi connectivity index (χ4v) is 3.25. The molecule has 0 radical (unpaired) electrons. The van der Waals surface area contributed by atoms with Gasteiger partial charge in [0.2, 0.25) is 0 Å².